The van der Waals surface area contributed by atoms with Crippen LogP contribution in [0.5, 0.6) is 23.0 Å². The first-order valence-corrected chi connectivity index (χ1v) is 16.0. The van der Waals surface area contributed by atoms with Gasteiger partial charge in [-0.15, -0.1) is 0 Å². The van der Waals surface area contributed by atoms with Gasteiger partial charge < -0.3 is 49.3 Å². The summed E-state index contributed by atoms with van der Waals surface area (Å²) < 4.78 is 33.5. The molecule has 4 heterocycles. The van der Waals surface area contributed by atoms with Crippen LogP contribution in [0.1, 0.15) is 49.0 Å². The molecule has 2 fully saturated rings. The van der Waals surface area contributed by atoms with Crippen LogP contribution < -0.4 is 30.4 Å². The van der Waals surface area contributed by atoms with Gasteiger partial charge in [0.15, 0.2) is 23.0 Å². The molecule has 0 spiro atoms. The third kappa shape index (κ3) is 8.25. The van der Waals surface area contributed by atoms with Crippen molar-refractivity contribution in [2.45, 2.75) is 50.0 Å². The Morgan fingerprint density at radius 1 is 0.595 bits per heavy atom. The summed E-state index contributed by atoms with van der Waals surface area (Å²) in [6.45, 7) is 8.63. The molecule has 10 nitrogen and oxygen atoms in total. The summed E-state index contributed by atoms with van der Waals surface area (Å²) in [6, 6.07) is 11.7. The predicted molar refractivity (Wildman–Crippen MR) is 169 cm³/mol. The Hall–Kier alpha value is -1.74. The Bertz CT molecular complexity index is 1050. The van der Waals surface area contributed by atoms with Crippen LogP contribution in [0.3, 0.4) is 0 Å². The van der Waals surface area contributed by atoms with E-state index in [1.54, 1.807) is 0 Å². The van der Waals surface area contributed by atoms with Gasteiger partial charge in [0.25, 0.3) is 0 Å². The van der Waals surface area contributed by atoms with Crippen LogP contribution in [-0.4, -0.2) is 87.6 Å². The highest BCUT2D eigenvalue weighted by molar-refractivity contribution is 7.10. The van der Waals surface area contributed by atoms with Crippen molar-refractivity contribution in [3.63, 3.8) is 0 Å². The maximum atomic E-state index is 6.36. The monoisotopic (exact) mass is 620 g/mol. The molecular formula is C30H46N4O6P2. The molecule has 12 heteroatoms. The number of ether oxygens (including phenoxy) is 4. The average molecular weight is 621 g/mol. The average Bonchev–Trinajstić information content (AvgIpc) is 3.73. The zero-order valence-corrected chi connectivity index (χ0v) is 26.6. The van der Waals surface area contributed by atoms with Gasteiger partial charge in [0, 0.05) is 44.1 Å². The molecular weight excluding hydrogens is 574 g/mol. The maximum Gasteiger partial charge on any atom is 0.161 e. The van der Waals surface area contributed by atoms with E-state index in [-0.39, 0.29) is 24.3 Å². The molecule has 232 valence electrons. The zero-order valence-electron chi connectivity index (χ0n) is 24.3. The van der Waals surface area contributed by atoms with E-state index in [9.17, 15) is 0 Å². The van der Waals surface area contributed by atoms with Crippen molar-refractivity contribution in [1.29, 1.82) is 0 Å². The number of nitrogens with two attached hydrogens (primary N) is 2. The summed E-state index contributed by atoms with van der Waals surface area (Å²) in [5, 5.41) is 0. The first-order chi connectivity index (χ1) is 20.6. The van der Waals surface area contributed by atoms with E-state index in [1.807, 2.05) is 36.4 Å². The predicted octanol–water partition coefficient (Wildman–Crippen LogP) is 3.46. The number of likely N-dealkylation sites (tertiary alicyclic amines) is 2. The molecule has 2 aromatic carbocycles. The van der Waals surface area contributed by atoms with Crippen molar-refractivity contribution in [3.05, 3.63) is 47.5 Å². The summed E-state index contributed by atoms with van der Waals surface area (Å²) in [7, 11) is 4.68. The van der Waals surface area contributed by atoms with E-state index in [4.69, 9.17) is 39.5 Å². The molecule has 0 radical (unpaired) electrons. The lowest BCUT2D eigenvalue weighted by Crippen LogP contribution is -2.40. The van der Waals surface area contributed by atoms with E-state index >= 15 is 0 Å². The van der Waals surface area contributed by atoms with Crippen LogP contribution >= 0.6 is 18.9 Å². The smallest absolute Gasteiger partial charge is 0.161 e. The minimum atomic E-state index is -0.161. The van der Waals surface area contributed by atoms with Crippen LogP contribution in [0.15, 0.2) is 36.4 Å². The molecule has 42 heavy (non-hydrogen) atoms. The second-order valence-electron chi connectivity index (χ2n) is 11.3. The second kappa shape index (κ2) is 15.8. The lowest BCUT2D eigenvalue weighted by atomic mass is 10.0. The topological polar surface area (TPSA) is 114 Å². The molecule has 4 aliphatic rings. The number of hydrogen-bond acceptors (Lipinski definition) is 10. The second-order valence-corrected chi connectivity index (χ2v) is 11.8. The zero-order chi connectivity index (χ0) is 29.3. The first kappa shape index (κ1) is 31.7. The Morgan fingerprint density at radius 2 is 0.952 bits per heavy atom. The van der Waals surface area contributed by atoms with Gasteiger partial charge in [-0.1, -0.05) is 12.1 Å². The fourth-order valence-electron chi connectivity index (χ4n) is 6.05. The fourth-order valence-corrected chi connectivity index (χ4v) is 6.76. The van der Waals surface area contributed by atoms with Crippen LogP contribution in [-0.2, 0) is 9.05 Å². The van der Waals surface area contributed by atoms with E-state index in [2.05, 4.69) is 28.7 Å². The third-order valence-corrected chi connectivity index (χ3v) is 8.78. The molecule has 4 N–H and O–H groups in total. The number of fused-ring (bicyclic) bond motifs is 2. The van der Waals surface area contributed by atoms with Crippen LogP contribution in [0.2, 0.25) is 0 Å². The van der Waals surface area contributed by atoms with Crippen molar-refractivity contribution < 1.29 is 28.0 Å². The van der Waals surface area contributed by atoms with Gasteiger partial charge >= 0.3 is 0 Å². The third-order valence-electron chi connectivity index (χ3n) is 8.20. The van der Waals surface area contributed by atoms with E-state index in [0.29, 0.717) is 26.4 Å². The van der Waals surface area contributed by atoms with Gasteiger partial charge in [-0.25, -0.2) is 0 Å². The van der Waals surface area contributed by atoms with Gasteiger partial charge in [0.2, 0.25) is 0 Å². The largest absolute Gasteiger partial charge is 0.486 e. The molecule has 2 unspecified atom stereocenters. The van der Waals surface area contributed by atoms with E-state index in [1.165, 1.54) is 25.7 Å². The SMILES string of the molecule is N[C@H](CN1CCCC1)[C@H](OP)c1ccc2c(c1)OCCO2.N[C@H](CN1CCCC1)[C@H](OP)c1ccc2c(c1)OCCO2. The molecule has 2 saturated heterocycles. The maximum absolute atomic E-state index is 6.36. The molecule has 0 bridgehead atoms. The summed E-state index contributed by atoms with van der Waals surface area (Å²) in [5.74, 6) is 3.14. The van der Waals surface area contributed by atoms with Gasteiger partial charge in [0.1, 0.15) is 38.6 Å². The van der Waals surface area contributed by atoms with Crippen LogP contribution in [0.25, 0.3) is 0 Å². The van der Waals surface area contributed by atoms with Crippen molar-refractivity contribution in [1.82, 2.24) is 9.80 Å². The Labute approximate surface area is 254 Å². The number of nitrogens with zero attached hydrogens (tertiary/aromatic N) is 2. The van der Waals surface area contributed by atoms with Crippen molar-refractivity contribution >= 4 is 18.9 Å². The minimum Gasteiger partial charge on any atom is -0.486 e. The highest BCUT2D eigenvalue weighted by Gasteiger charge is 2.27. The van der Waals surface area contributed by atoms with Crippen molar-refractivity contribution in [2.75, 3.05) is 65.7 Å². The fraction of sp³-hybridized carbons (Fsp3) is 0.600. The molecule has 0 amide bonds. The van der Waals surface area contributed by atoms with Gasteiger partial charge in [-0.05, 0) is 87.3 Å². The standard InChI is InChI=1S/2C15H23N2O3P/c2*16-12(10-17-5-1-2-6-17)15(20-21)11-3-4-13-14(9-11)19-8-7-18-13/h2*3-4,9,12,15H,1-2,5-8,10,16,21H2/t2*12-,15-/m11/s1. The van der Waals surface area contributed by atoms with E-state index in [0.717, 1.165) is 73.4 Å². The Morgan fingerprint density at radius 3 is 1.31 bits per heavy atom. The molecule has 4 aliphatic heterocycles. The molecule has 0 aromatic heterocycles. The van der Waals surface area contributed by atoms with Crippen LogP contribution in [0.4, 0.5) is 0 Å². The quantitative estimate of drug-likeness (QED) is 0.383. The number of rotatable bonds is 10. The van der Waals surface area contributed by atoms with Crippen LogP contribution in [0, 0.1) is 0 Å². The van der Waals surface area contributed by atoms with E-state index < -0.39 is 0 Å². The number of benzene rings is 2. The molecule has 6 atom stereocenters. The Kier molecular flexibility index (Phi) is 11.9. The molecule has 2 aromatic rings. The highest BCUT2D eigenvalue weighted by Crippen LogP contribution is 2.36. The summed E-state index contributed by atoms with van der Waals surface area (Å²) in [6.07, 6.45) is 4.75. The summed E-state index contributed by atoms with van der Waals surface area (Å²) in [5.41, 5.74) is 14.8. The molecule has 0 saturated carbocycles. The lowest BCUT2D eigenvalue weighted by Gasteiger charge is -2.28. The first-order valence-electron chi connectivity index (χ1n) is 15.0. The van der Waals surface area contributed by atoms with Crippen molar-refractivity contribution in [2.24, 2.45) is 11.5 Å². The number of hydrogen-bond donors (Lipinski definition) is 2. The minimum absolute atomic E-state index is 0.0665. The Balaban J connectivity index is 0.000000168. The summed E-state index contributed by atoms with van der Waals surface area (Å²) in [4.78, 5) is 4.80. The summed E-state index contributed by atoms with van der Waals surface area (Å²) >= 11 is 0. The molecule has 6 rings (SSSR count). The van der Waals surface area contributed by atoms with Crippen molar-refractivity contribution in [3.8, 4) is 23.0 Å². The molecule has 0 aliphatic carbocycles. The lowest BCUT2D eigenvalue weighted by molar-refractivity contribution is 0.163. The van der Waals surface area contributed by atoms with Gasteiger partial charge in [0.05, 0.1) is 0 Å². The highest BCUT2D eigenvalue weighted by atomic mass is 31.0. The normalized spacial score (nSPS) is 21.2. The van der Waals surface area contributed by atoms with Gasteiger partial charge in [-0.2, -0.15) is 0 Å². The van der Waals surface area contributed by atoms with Gasteiger partial charge in [-0.3, -0.25) is 0 Å².